The fourth-order valence-electron chi connectivity index (χ4n) is 6.75. The Morgan fingerprint density at radius 1 is 1.12 bits per heavy atom. The summed E-state index contributed by atoms with van der Waals surface area (Å²) in [6, 6.07) is 11.1. The quantitative estimate of drug-likeness (QED) is 0.317. The van der Waals surface area contributed by atoms with Gasteiger partial charge >= 0.3 is 0 Å². The lowest BCUT2D eigenvalue weighted by atomic mass is 9.47. The predicted molar refractivity (Wildman–Crippen MR) is 154 cm³/mol. The lowest BCUT2D eigenvalue weighted by molar-refractivity contribution is -0.118. The van der Waals surface area contributed by atoms with Crippen LogP contribution in [0.1, 0.15) is 68.7 Å². The average Bonchev–Trinajstić information content (AvgIpc) is 3.40. The summed E-state index contributed by atoms with van der Waals surface area (Å²) in [5, 5.41) is 15.8. The third kappa shape index (κ3) is 5.09. The number of halogens is 2. The van der Waals surface area contributed by atoms with Crippen LogP contribution in [0.4, 0.5) is 8.78 Å². The Hall–Kier alpha value is -4.13. The van der Waals surface area contributed by atoms with Gasteiger partial charge in [-0.05, 0) is 66.5 Å². The molecule has 4 aromatic rings. The molecule has 1 N–H and O–H groups in total. The van der Waals surface area contributed by atoms with Gasteiger partial charge < -0.3 is 5.32 Å². The molecule has 3 aliphatic carbocycles. The van der Waals surface area contributed by atoms with E-state index in [1.54, 1.807) is 12.1 Å². The van der Waals surface area contributed by atoms with Gasteiger partial charge in [-0.15, -0.1) is 10.2 Å². The second-order valence-electron chi connectivity index (χ2n) is 11.9. The minimum atomic E-state index is -3.55. The molecule has 2 bridgehead atoms. The number of nitrogens with one attached hydrogen (secondary N) is 1. The zero-order valence-electron chi connectivity index (χ0n) is 24.0. The van der Waals surface area contributed by atoms with Crippen molar-refractivity contribution in [3.63, 3.8) is 0 Å². The number of pyridine rings is 1. The highest BCUT2D eigenvalue weighted by atomic mass is 32.2. The number of rotatable bonds is 8. The molecule has 2 atom stereocenters. The van der Waals surface area contributed by atoms with Crippen molar-refractivity contribution in [2.45, 2.75) is 57.1 Å². The lowest BCUT2D eigenvalue weighted by Crippen LogP contribution is -2.53. The molecule has 7 rings (SSSR count). The largest absolute Gasteiger partial charge is 0.355 e. The Morgan fingerprint density at radius 3 is 2.58 bits per heavy atom. The van der Waals surface area contributed by atoms with Crippen molar-refractivity contribution in [3.8, 4) is 17.1 Å². The molecule has 3 heterocycles. The van der Waals surface area contributed by atoms with Crippen LogP contribution in [0.3, 0.4) is 0 Å². The van der Waals surface area contributed by atoms with Gasteiger partial charge in [-0.25, -0.2) is 31.8 Å². The van der Waals surface area contributed by atoms with Gasteiger partial charge in [0.05, 0.1) is 33.8 Å². The van der Waals surface area contributed by atoms with Crippen molar-refractivity contribution in [1.29, 1.82) is 0 Å². The summed E-state index contributed by atoms with van der Waals surface area (Å²) in [7, 11) is -3.55. The van der Waals surface area contributed by atoms with Crippen LogP contribution < -0.4 is 5.32 Å². The normalized spacial score (nSPS) is 20.5. The smallest absolute Gasteiger partial charge is 0.216 e. The van der Waals surface area contributed by atoms with Crippen LogP contribution in [0, 0.1) is 17.0 Å². The summed E-state index contributed by atoms with van der Waals surface area (Å²) in [6.45, 7) is 5.71. The van der Waals surface area contributed by atoms with Gasteiger partial charge in [0.15, 0.2) is 21.5 Å². The molecule has 13 heteroatoms. The standard InChI is InChI=1S/C30H31F2N7O3S/c1-18(40)33-12-13-43(41,42)16-25-34-17-39(38-25)26-9-5-8-24(35-26)30-11-10-19(15-29(30,2)3)20-14-23(36-37-28(20)30)27-21(31)6-4-7-22(27)32/h4-9,14,17,19H,10-13,15-16H2,1-3H3,(H,33,40)/t19-,30+/m1/s1. The summed E-state index contributed by atoms with van der Waals surface area (Å²) in [5.41, 5.74) is 1.54. The van der Waals surface area contributed by atoms with E-state index in [0.717, 1.165) is 36.2 Å². The fraction of sp³-hybridized carbons (Fsp3) is 0.400. The SMILES string of the molecule is CC(=O)NCCS(=O)(=O)Cc1ncn(-c2cccc([C@]34CC[C@H](CC3(C)C)c3cc(-c5c(F)cccc5F)nnc34)n2)n1. The molecule has 43 heavy (non-hydrogen) atoms. The highest BCUT2D eigenvalue weighted by Crippen LogP contribution is 2.63. The Labute approximate surface area is 247 Å². The number of aromatic nitrogens is 6. The van der Waals surface area contributed by atoms with Crippen LogP contribution in [-0.2, 0) is 25.8 Å². The van der Waals surface area contributed by atoms with Crippen molar-refractivity contribution < 1.29 is 22.0 Å². The van der Waals surface area contributed by atoms with Crippen molar-refractivity contribution in [1.82, 2.24) is 35.3 Å². The second-order valence-corrected chi connectivity index (χ2v) is 14.1. The van der Waals surface area contributed by atoms with Gasteiger partial charge in [-0.2, -0.15) is 5.10 Å². The summed E-state index contributed by atoms with van der Waals surface area (Å²) in [6.07, 6.45) is 3.89. The highest BCUT2D eigenvalue weighted by Gasteiger charge is 2.59. The van der Waals surface area contributed by atoms with E-state index < -0.39 is 26.9 Å². The van der Waals surface area contributed by atoms with E-state index in [4.69, 9.17) is 4.98 Å². The molecular weight excluding hydrogens is 576 g/mol. The van der Waals surface area contributed by atoms with Crippen LogP contribution in [0.15, 0.2) is 48.8 Å². The van der Waals surface area contributed by atoms with Crippen molar-refractivity contribution in [2.75, 3.05) is 12.3 Å². The predicted octanol–water partition coefficient (Wildman–Crippen LogP) is 4.04. The van der Waals surface area contributed by atoms with Crippen LogP contribution in [0.2, 0.25) is 0 Å². The maximum atomic E-state index is 14.6. The monoisotopic (exact) mass is 607 g/mol. The number of carbonyl (C=O) groups excluding carboxylic acids is 1. The van der Waals surface area contributed by atoms with E-state index in [1.165, 1.54) is 36.1 Å². The second kappa shape index (κ2) is 10.5. The van der Waals surface area contributed by atoms with Crippen LogP contribution in [-0.4, -0.2) is 56.6 Å². The lowest BCUT2D eigenvalue weighted by Gasteiger charge is -2.56. The molecule has 0 radical (unpaired) electrons. The summed E-state index contributed by atoms with van der Waals surface area (Å²) in [4.78, 5) is 20.2. The van der Waals surface area contributed by atoms with Crippen LogP contribution in [0.25, 0.3) is 17.1 Å². The molecule has 0 unspecified atom stereocenters. The van der Waals surface area contributed by atoms with E-state index in [0.29, 0.717) is 5.82 Å². The van der Waals surface area contributed by atoms with Gasteiger partial charge in [0, 0.05) is 13.5 Å². The topological polar surface area (TPSA) is 133 Å². The van der Waals surface area contributed by atoms with E-state index in [1.807, 2.05) is 12.1 Å². The zero-order valence-corrected chi connectivity index (χ0v) is 24.8. The molecule has 1 aromatic carbocycles. The Kier molecular flexibility index (Phi) is 7.10. The Bertz CT molecular complexity index is 1820. The first-order valence-electron chi connectivity index (χ1n) is 14.1. The van der Waals surface area contributed by atoms with Gasteiger partial charge in [-0.3, -0.25) is 4.79 Å². The van der Waals surface area contributed by atoms with Crippen LogP contribution in [0.5, 0.6) is 0 Å². The number of hydrogen-bond acceptors (Lipinski definition) is 8. The molecular formula is C30H31F2N7O3S. The number of sulfone groups is 1. The molecule has 0 saturated heterocycles. The van der Waals surface area contributed by atoms with E-state index in [9.17, 15) is 22.0 Å². The molecule has 10 nitrogen and oxygen atoms in total. The molecule has 1 fully saturated rings. The number of amides is 1. The van der Waals surface area contributed by atoms with Gasteiger partial charge in [-0.1, -0.05) is 26.0 Å². The highest BCUT2D eigenvalue weighted by molar-refractivity contribution is 7.90. The van der Waals surface area contributed by atoms with Gasteiger partial charge in [0.2, 0.25) is 5.91 Å². The summed E-state index contributed by atoms with van der Waals surface area (Å²) < 4.78 is 55.7. The fourth-order valence-corrected chi connectivity index (χ4v) is 7.83. The number of carbonyl (C=O) groups is 1. The third-order valence-corrected chi connectivity index (χ3v) is 10.3. The van der Waals surface area contributed by atoms with Crippen molar-refractivity contribution in [3.05, 3.63) is 83.2 Å². The average molecular weight is 608 g/mol. The van der Waals surface area contributed by atoms with Crippen molar-refractivity contribution >= 4 is 15.7 Å². The minimum absolute atomic E-state index is 0.0157. The first-order chi connectivity index (χ1) is 20.4. The number of fused-ring (bicyclic) bond motifs is 2. The number of hydrogen-bond donors (Lipinski definition) is 1. The van der Waals surface area contributed by atoms with Gasteiger partial charge in [0.25, 0.3) is 0 Å². The molecule has 3 aromatic heterocycles. The minimum Gasteiger partial charge on any atom is -0.355 e. The van der Waals surface area contributed by atoms with E-state index >= 15 is 0 Å². The molecule has 1 saturated carbocycles. The summed E-state index contributed by atoms with van der Waals surface area (Å²) in [5.74, 6) is -1.51. The van der Waals surface area contributed by atoms with E-state index in [-0.39, 0.29) is 52.4 Å². The molecule has 3 aliphatic rings. The zero-order chi connectivity index (χ0) is 30.6. The number of benzene rings is 1. The molecule has 0 aliphatic heterocycles. The molecule has 1 amide bonds. The van der Waals surface area contributed by atoms with E-state index in [2.05, 4.69) is 39.4 Å². The number of nitrogens with zero attached hydrogens (tertiary/aromatic N) is 6. The molecule has 0 spiro atoms. The third-order valence-electron chi connectivity index (χ3n) is 8.75. The summed E-state index contributed by atoms with van der Waals surface area (Å²) >= 11 is 0. The first-order valence-corrected chi connectivity index (χ1v) is 15.9. The maximum Gasteiger partial charge on any atom is 0.216 e. The van der Waals surface area contributed by atoms with Crippen LogP contribution >= 0.6 is 0 Å². The van der Waals surface area contributed by atoms with Crippen molar-refractivity contribution in [2.24, 2.45) is 5.41 Å². The molecule has 224 valence electrons. The Morgan fingerprint density at radius 2 is 1.86 bits per heavy atom. The Balaban J connectivity index is 1.35. The first kappa shape index (κ1) is 29.0. The van der Waals surface area contributed by atoms with Gasteiger partial charge in [0.1, 0.15) is 23.7 Å². The maximum absolute atomic E-state index is 14.6.